The molecule has 3 aromatic rings. The Morgan fingerprint density at radius 1 is 1.00 bits per heavy atom. The van der Waals surface area contributed by atoms with Crippen molar-refractivity contribution in [1.29, 1.82) is 0 Å². The molecule has 2 aromatic carbocycles. The Kier molecular flexibility index (Phi) is 9.32. The van der Waals surface area contributed by atoms with E-state index < -0.39 is 5.97 Å². The van der Waals surface area contributed by atoms with E-state index in [2.05, 4.69) is 29.0 Å². The third-order valence-electron chi connectivity index (χ3n) is 5.38. The lowest BCUT2D eigenvalue weighted by molar-refractivity contribution is 0.0349. The molecule has 2 heterocycles. The molecule has 0 radical (unpaired) electrons. The molecule has 1 amide bonds. The molecule has 1 aliphatic rings. The molecule has 1 aliphatic heterocycles. The summed E-state index contributed by atoms with van der Waals surface area (Å²) >= 11 is 4.48. The maximum atomic E-state index is 12.5. The largest absolute Gasteiger partial charge is 0.477 e. The van der Waals surface area contributed by atoms with Gasteiger partial charge in [0.05, 0.1) is 0 Å². The lowest BCUT2D eigenvalue weighted by atomic mass is 10.1. The van der Waals surface area contributed by atoms with E-state index in [1.54, 1.807) is 6.07 Å². The zero-order chi connectivity index (χ0) is 24.5. The van der Waals surface area contributed by atoms with Crippen LogP contribution in [0.15, 0.2) is 66.7 Å². The lowest BCUT2D eigenvalue weighted by Crippen LogP contribution is -2.51. The Balaban J connectivity index is 1.26. The molecule has 5 nitrogen and oxygen atoms in total. The summed E-state index contributed by atoms with van der Waals surface area (Å²) in [5, 5.41) is 13.2. The van der Waals surface area contributed by atoms with Crippen LogP contribution < -0.4 is 0 Å². The number of carboxylic acids is 1. The van der Waals surface area contributed by atoms with Gasteiger partial charge in [-0.1, -0.05) is 53.9 Å². The van der Waals surface area contributed by atoms with Gasteiger partial charge in [-0.15, -0.1) is 11.3 Å². The highest BCUT2D eigenvalue weighted by molar-refractivity contribution is 8.13. The highest BCUT2D eigenvalue weighted by atomic mass is 32.2. The van der Waals surface area contributed by atoms with Gasteiger partial charge in [0.2, 0.25) is 0 Å². The monoisotopic (exact) mass is 522 g/mol. The molecular formula is C27H26N2O3S3. The normalized spacial score (nSPS) is 13.9. The summed E-state index contributed by atoms with van der Waals surface area (Å²) in [5.41, 5.74) is 3.26. The second kappa shape index (κ2) is 12.8. The number of carboxylic acid groups (broad SMARTS) is 1. The number of carbonyl (C=O) groups excluding carboxylic acids is 1. The summed E-state index contributed by atoms with van der Waals surface area (Å²) in [4.78, 5) is 25.0. The molecule has 0 aliphatic carbocycles. The first kappa shape index (κ1) is 25.4. The Bertz CT molecular complexity index is 1220. The van der Waals surface area contributed by atoms with Gasteiger partial charge in [-0.05, 0) is 42.0 Å². The smallest absolute Gasteiger partial charge is 0.345 e. The van der Waals surface area contributed by atoms with Crippen molar-refractivity contribution in [2.45, 2.75) is 12.2 Å². The fraction of sp³-hybridized carbons (Fsp3) is 0.259. The van der Waals surface area contributed by atoms with E-state index in [0.29, 0.717) is 17.8 Å². The maximum Gasteiger partial charge on any atom is 0.345 e. The van der Waals surface area contributed by atoms with Crippen molar-refractivity contribution >= 4 is 46.1 Å². The SMILES string of the molecule is O=C(O)c1ccc(CCN2C(=O)SCCN2CCSCc2cccc(C#Cc3ccccc3)c2)s1. The molecule has 1 aromatic heterocycles. The van der Waals surface area contributed by atoms with Crippen LogP contribution in [0.25, 0.3) is 0 Å². The fourth-order valence-corrected chi connectivity index (χ4v) is 6.19. The van der Waals surface area contributed by atoms with Crippen molar-refractivity contribution in [1.82, 2.24) is 10.0 Å². The van der Waals surface area contributed by atoms with E-state index in [1.807, 2.05) is 65.3 Å². The van der Waals surface area contributed by atoms with Gasteiger partial charge in [0.15, 0.2) is 0 Å². The zero-order valence-electron chi connectivity index (χ0n) is 19.2. The van der Waals surface area contributed by atoms with Gasteiger partial charge >= 0.3 is 5.97 Å². The van der Waals surface area contributed by atoms with E-state index in [0.717, 1.165) is 46.4 Å². The van der Waals surface area contributed by atoms with Crippen LogP contribution in [0.5, 0.6) is 0 Å². The fourth-order valence-electron chi connectivity index (χ4n) is 3.62. The molecule has 1 fully saturated rings. The molecule has 4 rings (SSSR count). The summed E-state index contributed by atoms with van der Waals surface area (Å²) in [6.45, 7) is 2.21. The Morgan fingerprint density at radius 2 is 1.80 bits per heavy atom. The molecule has 0 bridgehead atoms. The second-order valence-corrected chi connectivity index (χ2v) is 11.2. The first-order valence-corrected chi connectivity index (χ1v) is 14.3. The number of thioether (sulfide) groups is 2. The van der Waals surface area contributed by atoms with Gasteiger partial charge in [0.1, 0.15) is 4.88 Å². The molecule has 0 unspecified atom stereocenters. The topological polar surface area (TPSA) is 60.9 Å². The van der Waals surface area contributed by atoms with Crippen LogP contribution >= 0.6 is 34.9 Å². The number of thiophene rings is 1. The van der Waals surface area contributed by atoms with Gasteiger partial charge in [-0.25, -0.2) is 9.80 Å². The number of amides is 1. The van der Waals surface area contributed by atoms with Gasteiger partial charge in [0, 0.05) is 59.3 Å². The number of hydrogen-bond acceptors (Lipinski definition) is 6. The molecule has 0 atom stereocenters. The molecule has 35 heavy (non-hydrogen) atoms. The Morgan fingerprint density at radius 3 is 2.60 bits per heavy atom. The summed E-state index contributed by atoms with van der Waals surface area (Å²) in [6.07, 6.45) is 0.657. The van der Waals surface area contributed by atoms with Gasteiger partial charge in [-0.2, -0.15) is 11.8 Å². The van der Waals surface area contributed by atoms with Gasteiger partial charge in [-0.3, -0.25) is 9.80 Å². The minimum Gasteiger partial charge on any atom is -0.477 e. The van der Waals surface area contributed by atoms with Crippen LogP contribution in [0, 0.1) is 11.8 Å². The van der Waals surface area contributed by atoms with E-state index in [-0.39, 0.29) is 5.24 Å². The molecule has 8 heteroatoms. The number of carbonyl (C=O) groups is 2. The minimum absolute atomic E-state index is 0.0703. The summed E-state index contributed by atoms with van der Waals surface area (Å²) in [7, 11) is 0. The molecule has 1 N–H and O–H groups in total. The van der Waals surface area contributed by atoms with E-state index >= 15 is 0 Å². The van der Waals surface area contributed by atoms with Gasteiger partial charge < -0.3 is 5.11 Å². The van der Waals surface area contributed by atoms with Crippen molar-refractivity contribution in [3.63, 3.8) is 0 Å². The van der Waals surface area contributed by atoms with Crippen LogP contribution in [0.1, 0.15) is 31.2 Å². The standard InChI is InChI=1S/C27H26N2O3S3/c30-26(31)25-12-11-24(35-25)13-14-29-27(32)34-18-16-28(29)15-17-33-20-23-8-4-7-22(19-23)10-9-21-5-2-1-3-6-21/h1-8,11-12,19H,13-18,20H2,(H,30,31). The van der Waals surface area contributed by atoms with Crippen LogP contribution in [0.3, 0.4) is 0 Å². The molecule has 0 saturated carbocycles. The number of nitrogens with zero attached hydrogens (tertiary/aromatic N) is 2. The molecule has 0 spiro atoms. The number of hydrazine groups is 1. The number of benzene rings is 2. The van der Waals surface area contributed by atoms with E-state index in [1.165, 1.54) is 28.7 Å². The average molecular weight is 523 g/mol. The summed E-state index contributed by atoms with van der Waals surface area (Å²) in [5.74, 6) is 8.15. The van der Waals surface area contributed by atoms with Crippen molar-refractivity contribution in [3.8, 4) is 11.8 Å². The minimum atomic E-state index is -0.904. The molecular weight excluding hydrogens is 497 g/mol. The summed E-state index contributed by atoms with van der Waals surface area (Å²) < 4.78 is 0. The first-order valence-electron chi connectivity index (χ1n) is 11.3. The predicted molar refractivity (Wildman–Crippen MR) is 146 cm³/mol. The Labute approximate surface area is 218 Å². The quantitative estimate of drug-likeness (QED) is 0.287. The second-order valence-electron chi connectivity index (χ2n) is 7.88. The highest BCUT2D eigenvalue weighted by Crippen LogP contribution is 2.23. The van der Waals surface area contributed by atoms with Crippen molar-refractivity contribution in [2.24, 2.45) is 0 Å². The van der Waals surface area contributed by atoms with Crippen LogP contribution in [-0.2, 0) is 12.2 Å². The summed E-state index contributed by atoms with van der Waals surface area (Å²) in [6, 6.07) is 21.8. The van der Waals surface area contributed by atoms with Crippen molar-refractivity contribution in [2.75, 3.05) is 31.1 Å². The highest BCUT2D eigenvalue weighted by Gasteiger charge is 2.26. The number of rotatable bonds is 9. The number of aromatic carboxylic acids is 1. The van der Waals surface area contributed by atoms with Crippen LogP contribution in [0.4, 0.5) is 4.79 Å². The van der Waals surface area contributed by atoms with Crippen LogP contribution in [-0.4, -0.2) is 57.5 Å². The van der Waals surface area contributed by atoms with E-state index in [9.17, 15) is 9.59 Å². The van der Waals surface area contributed by atoms with Crippen LogP contribution in [0.2, 0.25) is 0 Å². The van der Waals surface area contributed by atoms with Crippen molar-refractivity contribution < 1.29 is 14.7 Å². The first-order chi connectivity index (χ1) is 17.1. The molecule has 1 saturated heterocycles. The number of hydrogen-bond donors (Lipinski definition) is 1. The predicted octanol–water partition coefficient (Wildman–Crippen LogP) is 5.71. The van der Waals surface area contributed by atoms with E-state index in [4.69, 9.17) is 5.11 Å². The van der Waals surface area contributed by atoms with Crippen molar-refractivity contribution in [3.05, 3.63) is 93.2 Å². The van der Waals surface area contributed by atoms with Gasteiger partial charge in [0.25, 0.3) is 5.24 Å². The Hall–Kier alpha value is -2.70. The average Bonchev–Trinajstić information content (AvgIpc) is 3.35. The lowest BCUT2D eigenvalue weighted by Gasteiger charge is -2.37. The third kappa shape index (κ3) is 7.64. The third-order valence-corrected chi connectivity index (χ3v) is 8.37. The molecule has 180 valence electrons. The maximum absolute atomic E-state index is 12.5. The zero-order valence-corrected chi connectivity index (χ0v) is 21.6.